The molecule has 0 radical (unpaired) electrons. The Morgan fingerprint density at radius 2 is 2.06 bits per heavy atom. The molecule has 1 aliphatic carbocycles. The molecule has 4 heteroatoms. The Kier molecular flexibility index (Phi) is 4.75. The highest BCUT2D eigenvalue weighted by atomic mass is 16.5. The molecule has 102 valence electrons. The zero-order valence-corrected chi connectivity index (χ0v) is 11.6. The van der Waals surface area contributed by atoms with E-state index in [1.54, 1.807) is 0 Å². The highest BCUT2D eigenvalue weighted by Gasteiger charge is 2.24. The van der Waals surface area contributed by atoms with Crippen molar-refractivity contribution in [2.45, 2.75) is 70.8 Å². The van der Waals surface area contributed by atoms with Gasteiger partial charge in [-0.1, -0.05) is 18.5 Å². The molecule has 0 bridgehead atoms. The van der Waals surface area contributed by atoms with Gasteiger partial charge < -0.3 is 10.3 Å². The van der Waals surface area contributed by atoms with E-state index < -0.39 is 0 Å². The monoisotopic (exact) mass is 251 g/mol. The first-order valence-corrected chi connectivity index (χ1v) is 7.27. The molecule has 1 aromatic rings. The minimum atomic E-state index is 0.195. The lowest BCUT2D eigenvalue weighted by molar-refractivity contribution is 0.302. The van der Waals surface area contributed by atoms with Gasteiger partial charge in [0.05, 0.1) is 0 Å². The average molecular weight is 251 g/mol. The van der Waals surface area contributed by atoms with Gasteiger partial charge in [-0.2, -0.15) is 4.98 Å². The number of nitrogens with zero attached hydrogens (tertiary/aromatic N) is 2. The van der Waals surface area contributed by atoms with Gasteiger partial charge in [0.15, 0.2) is 5.82 Å². The van der Waals surface area contributed by atoms with E-state index in [0.717, 1.165) is 30.5 Å². The van der Waals surface area contributed by atoms with Gasteiger partial charge in [-0.05, 0) is 44.9 Å². The van der Waals surface area contributed by atoms with Crippen molar-refractivity contribution >= 4 is 0 Å². The molecule has 2 N–H and O–H groups in total. The first kappa shape index (κ1) is 13.5. The maximum atomic E-state index is 5.73. The fraction of sp³-hybridized carbons (Fsp3) is 0.857. The van der Waals surface area contributed by atoms with E-state index in [1.165, 1.54) is 32.1 Å². The molecule has 0 amide bonds. The molecular weight excluding hydrogens is 226 g/mol. The molecule has 0 aliphatic heterocycles. The summed E-state index contributed by atoms with van der Waals surface area (Å²) in [5, 5.41) is 4.14. The highest BCUT2D eigenvalue weighted by molar-refractivity contribution is 4.97. The van der Waals surface area contributed by atoms with Crippen LogP contribution in [0, 0.1) is 5.92 Å². The van der Waals surface area contributed by atoms with Gasteiger partial charge in [0.2, 0.25) is 5.89 Å². The van der Waals surface area contributed by atoms with Crippen molar-refractivity contribution in [1.82, 2.24) is 10.1 Å². The minimum absolute atomic E-state index is 0.195. The smallest absolute Gasteiger partial charge is 0.226 e. The summed E-state index contributed by atoms with van der Waals surface area (Å²) in [6.07, 6.45) is 8.06. The van der Waals surface area contributed by atoms with Crippen LogP contribution in [0.15, 0.2) is 4.52 Å². The molecule has 1 aromatic heterocycles. The van der Waals surface area contributed by atoms with Crippen LogP contribution in [0.2, 0.25) is 0 Å². The molecule has 1 saturated carbocycles. The van der Waals surface area contributed by atoms with Crippen molar-refractivity contribution in [2.24, 2.45) is 11.7 Å². The van der Waals surface area contributed by atoms with Crippen LogP contribution in [-0.2, 0) is 6.42 Å². The van der Waals surface area contributed by atoms with Gasteiger partial charge in [0.25, 0.3) is 0 Å². The Morgan fingerprint density at radius 3 is 2.67 bits per heavy atom. The Morgan fingerprint density at radius 1 is 1.33 bits per heavy atom. The molecule has 1 fully saturated rings. The van der Waals surface area contributed by atoms with Gasteiger partial charge in [-0.25, -0.2) is 0 Å². The van der Waals surface area contributed by atoms with Crippen LogP contribution in [0.3, 0.4) is 0 Å². The first-order chi connectivity index (χ1) is 8.69. The topological polar surface area (TPSA) is 64.9 Å². The van der Waals surface area contributed by atoms with Crippen molar-refractivity contribution in [3.05, 3.63) is 11.7 Å². The number of aromatic nitrogens is 2. The Bertz CT molecular complexity index is 354. The summed E-state index contributed by atoms with van der Waals surface area (Å²) in [7, 11) is 0. The van der Waals surface area contributed by atoms with E-state index in [9.17, 15) is 0 Å². The van der Waals surface area contributed by atoms with E-state index in [2.05, 4.69) is 17.1 Å². The van der Waals surface area contributed by atoms with E-state index >= 15 is 0 Å². The third-order valence-electron chi connectivity index (χ3n) is 4.09. The second-order valence-corrected chi connectivity index (χ2v) is 5.69. The molecule has 0 saturated heterocycles. The van der Waals surface area contributed by atoms with Gasteiger partial charge in [-0.3, -0.25) is 0 Å². The Labute approximate surface area is 109 Å². The summed E-state index contributed by atoms with van der Waals surface area (Å²) in [4.78, 5) is 4.52. The van der Waals surface area contributed by atoms with Crippen molar-refractivity contribution in [1.29, 1.82) is 0 Å². The van der Waals surface area contributed by atoms with Gasteiger partial charge in [0, 0.05) is 18.4 Å². The molecule has 1 atom stereocenters. The molecule has 0 spiro atoms. The lowest BCUT2D eigenvalue weighted by Crippen LogP contribution is -2.15. The summed E-state index contributed by atoms with van der Waals surface area (Å²) >= 11 is 0. The fourth-order valence-corrected chi connectivity index (χ4v) is 2.72. The zero-order valence-electron chi connectivity index (χ0n) is 11.6. The molecule has 18 heavy (non-hydrogen) atoms. The number of nitrogens with two attached hydrogens (primary N) is 1. The maximum Gasteiger partial charge on any atom is 0.226 e. The molecule has 1 heterocycles. The lowest BCUT2D eigenvalue weighted by Gasteiger charge is -2.25. The van der Waals surface area contributed by atoms with Crippen LogP contribution in [-0.4, -0.2) is 16.2 Å². The fourth-order valence-electron chi connectivity index (χ4n) is 2.72. The summed E-state index contributed by atoms with van der Waals surface area (Å²) in [5.41, 5.74) is 5.73. The van der Waals surface area contributed by atoms with Crippen LogP contribution < -0.4 is 5.73 Å². The summed E-state index contributed by atoms with van der Waals surface area (Å²) in [5.74, 6) is 3.09. The van der Waals surface area contributed by atoms with E-state index in [1.807, 2.05) is 6.92 Å². The van der Waals surface area contributed by atoms with Crippen molar-refractivity contribution < 1.29 is 4.52 Å². The predicted octanol–water partition coefficient (Wildman–Crippen LogP) is 3.03. The number of hydrogen-bond donors (Lipinski definition) is 1. The minimum Gasteiger partial charge on any atom is -0.339 e. The largest absolute Gasteiger partial charge is 0.339 e. The SMILES string of the molecule is CCC1CCC(c2noc(CCC(C)N)n2)CC1. The molecular formula is C14H25N3O. The van der Waals surface area contributed by atoms with E-state index in [4.69, 9.17) is 10.3 Å². The van der Waals surface area contributed by atoms with Crippen LogP contribution in [0.25, 0.3) is 0 Å². The maximum absolute atomic E-state index is 5.73. The average Bonchev–Trinajstić information content (AvgIpc) is 2.85. The summed E-state index contributed by atoms with van der Waals surface area (Å²) in [6, 6.07) is 0.195. The number of hydrogen-bond acceptors (Lipinski definition) is 4. The molecule has 4 nitrogen and oxygen atoms in total. The summed E-state index contributed by atoms with van der Waals surface area (Å²) in [6.45, 7) is 4.29. The van der Waals surface area contributed by atoms with Crippen molar-refractivity contribution in [2.75, 3.05) is 0 Å². The molecule has 2 rings (SSSR count). The van der Waals surface area contributed by atoms with Crippen LogP contribution in [0.4, 0.5) is 0 Å². The quantitative estimate of drug-likeness (QED) is 0.873. The lowest BCUT2D eigenvalue weighted by atomic mass is 9.80. The van der Waals surface area contributed by atoms with Crippen LogP contribution in [0.5, 0.6) is 0 Å². The molecule has 0 aromatic carbocycles. The van der Waals surface area contributed by atoms with E-state index in [0.29, 0.717) is 5.92 Å². The van der Waals surface area contributed by atoms with Crippen LogP contribution in [0.1, 0.15) is 70.0 Å². The Hall–Kier alpha value is -0.900. The molecule has 1 unspecified atom stereocenters. The van der Waals surface area contributed by atoms with Crippen molar-refractivity contribution in [3.8, 4) is 0 Å². The van der Waals surface area contributed by atoms with Crippen LogP contribution >= 0.6 is 0 Å². The number of rotatable bonds is 5. The normalized spacial score (nSPS) is 26.2. The standard InChI is InChI=1S/C14H25N3O/c1-3-11-5-7-12(8-6-11)14-16-13(18-17-14)9-4-10(2)15/h10-12H,3-9,15H2,1-2H3. The number of aryl methyl sites for hydroxylation is 1. The van der Waals surface area contributed by atoms with Gasteiger partial charge >= 0.3 is 0 Å². The molecule has 1 aliphatic rings. The third kappa shape index (κ3) is 3.55. The van der Waals surface area contributed by atoms with Gasteiger partial charge in [0.1, 0.15) is 0 Å². The summed E-state index contributed by atoms with van der Waals surface area (Å²) < 4.78 is 5.30. The first-order valence-electron chi connectivity index (χ1n) is 7.27. The van der Waals surface area contributed by atoms with Gasteiger partial charge in [-0.15, -0.1) is 0 Å². The zero-order chi connectivity index (χ0) is 13.0. The predicted molar refractivity (Wildman–Crippen MR) is 71.3 cm³/mol. The third-order valence-corrected chi connectivity index (χ3v) is 4.09. The second kappa shape index (κ2) is 6.32. The highest BCUT2D eigenvalue weighted by Crippen LogP contribution is 2.35. The Balaban J connectivity index is 1.86. The van der Waals surface area contributed by atoms with E-state index in [-0.39, 0.29) is 6.04 Å². The second-order valence-electron chi connectivity index (χ2n) is 5.69. The van der Waals surface area contributed by atoms with Crippen molar-refractivity contribution in [3.63, 3.8) is 0 Å².